The molecule has 2 heterocycles. The van der Waals surface area contributed by atoms with Gasteiger partial charge in [0.25, 0.3) is 0 Å². The van der Waals surface area contributed by atoms with Gasteiger partial charge in [-0.05, 0) is 19.1 Å². The van der Waals surface area contributed by atoms with Gasteiger partial charge in [0.1, 0.15) is 5.52 Å². The fourth-order valence-corrected chi connectivity index (χ4v) is 1.97. The monoisotopic (exact) mass is 245 g/mol. The van der Waals surface area contributed by atoms with Crippen LogP contribution in [0.15, 0.2) is 30.5 Å². The molecule has 2 N–H and O–H groups in total. The highest BCUT2D eigenvalue weighted by atomic mass is 19.1. The third kappa shape index (κ3) is 1.46. The Kier molecular flexibility index (Phi) is 2.29. The maximum absolute atomic E-state index is 13.6. The molecule has 0 spiro atoms. The standard InChI is InChI=1S/C12H12FN5/c1-2-17-7-6-10(16-17)18-9-5-3-4-8(13)11(9)15-12(18)14/h3-7H,2H2,1H3,(H2,14,15). The number of nitrogens with two attached hydrogens (primary N) is 1. The first-order valence-corrected chi connectivity index (χ1v) is 5.67. The number of nitrogens with zero attached hydrogens (tertiary/aromatic N) is 4. The summed E-state index contributed by atoms with van der Waals surface area (Å²) in [6.07, 6.45) is 1.85. The number of rotatable bonds is 2. The molecule has 0 aliphatic carbocycles. The number of hydrogen-bond acceptors (Lipinski definition) is 3. The summed E-state index contributed by atoms with van der Waals surface area (Å²) < 4.78 is 17.0. The molecule has 0 atom stereocenters. The van der Waals surface area contributed by atoms with Gasteiger partial charge in [0.2, 0.25) is 5.95 Å². The molecule has 0 saturated heterocycles. The Morgan fingerprint density at radius 3 is 2.89 bits per heavy atom. The average Bonchev–Trinajstić information content (AvgIpc) is 2.93. The van der Waals surface area contributed by atoms with Crippen molar-refractivity contribution in [2.24, 2.45) is 0 Å². The van der Waals surface area contributed by atoms with E-state index in [2.05, 4.69) is 10.1 Å². The Balaban J connectivity index is 2.28. The molecule has 0 aliphatic heterocycles. The van der Waals surface area contributed by atoms with Crippen molar-refractivity contribution in [2.45, 2.75) is 13.5 Å². The molecule has 0 aliphatic rings. The molecule has 18 heavy (non-hydrogen) atoms. The predicted molar refractivity (Wildman–Crippen MR) is 66.9 cm³/mol. The van der Waals surface area contributed by atoms with Crippen molar-refractivity contribution in [3.63, 3.8) is 0 Å². The van der Waals surface area contributed by atoms with Crippen molar-refractivity contribution in [1.82, 2.24) is 19.3 Å². The van der Waals surface area contributed by atoms with Crippen LogP contribution in [-0.4, -0.2) is 19.3 Å². The number of aromatic nitrogens is 4. The van der Waals surface area contributed by atoms with E-state index in [4.69, 9.17) is 5.73 Å². The van der Waals surface area contributed by atoms with Crippen LogP contribution >= 0.6 is 0 Å². The minimum absolute atomic E-state index is 0.233. The van der Waals surface area contributed by atoms with Crippen LogP contribution in [0.25, 0.3) is 16.9 Å². The summed E-state index contributed by atoms with van der Waals surface area (Å²) in [5, 5.41) is 4.35. The molecule has 0 unspecified atom stereocenters. The highest BCUT2D eigenvalue weighted by Crippen LogP contribution is 2.23. The highest BCUT2D eigenvalue weighted by Gasteiger charge is 2.14. The smallest absolute Gasteiger partial charge is 0.207 e. The van der Waals surface area contributed by atoms with Gasteiger partial charge in [0, 0.05) is 18.8 Å². The summed E-state index contributed by atoms with van der Waals surface area (Å²) in [4.78, 5) is 4.04. The van der Waals surface area contributed by atoms with Crippen LogP contribution in [0.2, 0.25) is 0 Å². The van der Waals surface area contributed by atoms with Gasteiger partial charge in [-0.3, -0.25) is 9.25 Å². The Hall–Kier alpha value is -2.37. The zero-order chi connectivity index (χ0) is 12.7. The van der Waals surface area contributed by atoms with Gasteiger partial charge in [0.15, 0.2) is 11.6 Å². The number of benzene rings is 1. The Bertz CT molecular complexity index is 712. The molecular weight excluding hydrogens is 233 g/mol. The van der Waals surface area contributed by atoms with Gasteiger partial charge in [0.05, 0.1) is 5.52 Å². The molecule has 5 nitrogen and oxygen atoms in total. The van der Waals surface area contributed by atoms with Crippen LogP contribution in [0.3, 0.4) is 0 Å². The fourth-order valence-electron chi connectivity index (χ4n) is 1.97. The molecule has 92 valence electrons. The van der Waals surface area contributed by atoms with Gasteiger partial charge in [-0.1, -0.05) is 6.07 Å². The lowest BCUT2D eigenvalue weighted by Crippen LogP contribution is -2.03. The number of anilines is 1. The van der Waals surface area contributed by atoms with Crippen molar-refractivity contribution < 1.29 is 4.39 Å². The summed E-state index contributed by atoms with van der Waals surface area (Å²) in [6.45, 7) is 2.76. The first kappa shape index (κ1) is 10.8. The molecule has 6 heteroatoms. The quantitative estimate of drug-likeness (QED) is 0.750. The average molecular weight is 245 g/mol. The van der Waals surface area contributed by atoms with Crippen molar-refractivity contribution in [3.8, 4) is 5.82 Å². The Morgan fingerprint density at radius 1 is 1.33 bits per heavy atom. The number of aryl methyl sites for hydroxylation is 1. The first-order chi connectivity index (χ1) is 8.70. The number of imidazole rings is 1. The largest absolute Gasteiger partial charge is 0.369 e. The van der Waals surface area contributed by atoms with E-state index in [1.807, 2.05) is 19.2 Å². The van der Waals surface area contributed by atoms with Gasteiger partial charge < -0.3 is 5.73 Å². The second kappa shape index (κ2) is 3.83. The molecule has 3 aromatic rings. The lowest BCUT2D eigenvalue weighted by Gasteiger charge is -2.01. The zero-order valence-corrected chi connectivity index (χ0v) is 9.84. The molecule has 0 saturated carbocycles. The van der Waals surface area contributed by atoms with Gasteiger partial charge in [-0.2, -0.15) is 5.10 Å². The van der Waals surface area contributed by atoms with E-state index in [0.717, 1.165) is 6.54 Å². The van der Waals surface area contributed by atoms with Crippen molar-refractivity contribution >= 4 is 17.0 Å². The predicted octanol–water partition coefficient (Wildman–Crippen LogP) is 1.96. The SMILES string of the molecule is CCn1ccc(-n2c(N)nc3c(F)cccc32)n1. The minimum atomic E-state index is -0.382. The lowest BCUT2D eigenvalue weighted by molar-refractivity contribution is 0.637. The molecule has 0 bridgehead atoms. The maximum atomic E-state index is 13.6. The Labute approximate surface area is 103 Å². The minimum Gasteiger partial charge on any atom is -0.369 e. The van der Waals surface area contributed by atoms with Crippen LogP contribution in [0.4, 0.5) is 10.3 Å². The maximum Gasteiger partial charge on any atom is 0.207 e. The fraction of sp³-hybridized carbons (Fsp3) is 0.167. The van der Waals surface area contributed by atoms with Crippen molar-refractivity contribution in [3.05, 3.63) is 36.3 Å². The molecule has 3 rings (SSSR count). The summed E-state index contributed by atoms with van der Waals surface area (Å²) >= 11 is 0. The van der Waals surface area contributed by atoms with E-state index in [0.29, 0.717) is 11.3 Å². The van der Waals surface area contributed by atoms with E-state index < -0.39 is 0 Å². The number of para-hydroxylation sites is 1. The number of fused-ring (bicyclic) bond motifs is 1. The second-order valence-electron chi connectivity index (χ2n) is 3.94. The zero-order valence-electron chi connectivity index (χ0n) is 9.84. The summed E-state index contributed by atoms with van der Waals surface area (Å²) in [6, 6.07) is 6.59. The number of nitrogen functional groups attached to an aromatic ring is 1. The summed E-state index contributed by atoms with van der Waals surface area (Å²) in [5.41, 5.74) is 6.73. The first-order valence-electron chi connectivity index (χ1n) is 5.67. The van der Waals surface area contributed by atoms with Gasteiger partial charge >= 0.3 is 0 Å². The van der Waals surface area contributed by atoms with Gasteiger partial charge in [-0.15, -0.1) is 0 Å². The molecule has 1 aromatic carbocycles. The summed E-state index contributed by atoms with van der Waals surface area (Å²) in [5.74, 6) is 0.492. The van der Waals surface area contributed by atoms with Crippen molar-refractivity contribution in [2.75, 3.05) is 5.73 Å². The van der Waals surface area contributed by atoms with E-state index in [9.17, 15) is 4.39 Å². The van der Waals surface area contributed by atoms with Crippen LogP contribution in [0.1, 0.15) is 6.92 Å². The molecule has 0 radical (unpaired) electrons. The van der Waals surface area contributed by atoms with E-state index in [-0.39, 0.29) is 17.3 Å². The lowest BCUT2D eigenvalue weighted by atomic mass is 10.3. The topological polar surface area (TPSA) is 61.7 Å². The van der Waals surface area contributed by atoms with E-state index >= 15 is 0 Å². The molecular formula is C12H12FN5. The normalized spacial score (nSPS) is 11.2. The van der Waals surface area contributed by atoms with E-state index in [1.54, 1.807) is 21.4 Å². The Morgan fingerprint density at radius 2 is 2.17 bits per heavy atom. The van der Waals surface area contributed by atoms with Crippen LogP contribution in [-0.2, 0) is 6.54 Å². The number of halogens is 1. The molecule has 0 fully saturated rings. The number of hydrogen-bond donors (Lipinski definition) is 1. The summed E-state index contributed by atoms with van der Waals surface area (Å²) in [7, 11) is 0. The molecule has 0 amide bonds. The van der Waals surface area contributed by atoms with E-state index in [1.165, 1.54) is 6.07 Å². The third-order valence-electron chi connectivity index (χ3n) is 2.84. The second-order valence-corrected chi connectivity index (χ2v) is 3.94. The third-order valence-corrected chi connectivity index (χ3v) is 2.84. The van der Waals surface area contributed by atoms with Gasteiger partial charge in [-0.25, -0.2) is 9.37 Å². The van der Waals surface area contributed by atoms with Crippen LogP contribution < -0.4 is 5.73 Å². The molecule has 2 aromatic heterocycles. The highest BCUT2D eigenvalue weighted by molar-refractivity contribution is 5.80. The van der Waals surface area contributed by atoms with Crippen LogP contribution in [0.5, 0.6) is 0 Å². The van der Waals surface area contributed by atoms with Crippen molar-refractivity contribution in [1.29, 1.82) is 0 Å². The van der Waals surface area contributed by atoms with Crippen LogP contribution in [0, 0.1) is 5.82 Å².